The molecule has 0 bridgehead atoms. The van der Waals surface area contributed by atoms with Crippen molar-refractivity contribution in [1.82, 2.24) is 5.43 Å². The van der Waals surface area contributed by atoms with Gasteiger partial charge in [-0.25, -0.2) is 5.43 Å². The fraction of sp³-hybridized carbons (Fsp3) is 0.385. The van der Waals surface area contributed by atoms with Crippen LogP contribution in [0.3, 0.4) is 0 Å². The highest BCUT2D eigenvalue weighted by atomic mass is 16.2. The molecule has 1 aromatic carbocycles. The maximum absolute atomic E-state index is 11.4. The van der Waals surface area contributed by atoms with Crippen LogP contribution >= 0.6 is 0 Å². The third-order valence-electron chi connectivity index (χ3n) is 2.43. The van der Waals surface area contributed by atoms with Gasteiger partial charge in [0.2, 0.25) is 5.91 Å². The van der Waals surface area contributed by atoms with E-state index in [0.717, 1.165) is 24.1 Å². The Labute approximate surface area is 102 Å². The van der Waals surface area contributed by atoms with Crippen LogP contribution in [-0.4, -0.2) is 11.6 Å². The normalized spacial score (nSPS) is 11.3. The van der Waals surface area contributed by atoms with Crippen molar-refractivity contribution in [3.8, 4) is 0 Å². The van der Waals surface area contributed by atoms with Crippen LogP contribution in [-0.2, 0) is 4.79 Å². The molecule has 17 heavy (non-hydrogen) atoms. The standard InChI is InChI=1S/C13H19N3O/c1-3-4-5-13(17)16-15-10(2)11-6-8-12(14)9-7-11/h6-9H,3-5,14H2,1-2H3,(H,16,17). The number of hydrazone groups is 1. The monoisotopic (exact) mass is 233 g/mol. The Morgan fingerprint density at radius 1 is 1.35 bits per heavy atom. The second-order valence-corrected chi connectivity index (χ2v) is 3.96. The number of carbonyl (C=O) groups excluding carboxylic acids is 1. The van der Waals surface area contributed by atoms with Crippen molar-refractivity contribution in [1.29, 1.82) is 0 Å². The maximum atomic E-state index is 11.4. The lowest BCUT2D eigenvalue weighted by molar-refractivity contribution is -0.121. The van der Waals surface area contributed by atoms with E-state index in [2.05, 4.69) is 17.5 Å². The van der Waals surface area contributed by atoms with E-state index < -0.39 is 0 Å². The molecule has 4 nitrogen and oxygen atoms in total. The summed E-state index contributed by atoms with van der Waals surface area (Å²) in [6, 6.07) is 7.39. The lowest BCUT2D eigenvalue weighted by atomic mass is 10.1. The Hall–Kier alpha value is -1.84. The van der Waals surface area contributed by atoms with Gasteiger partial charge in [-0.05, 0) is 31.0 Å². The van der Waals surface area contributed by atoms with Crippen LogP contribution in [0.4, 0.5) is 5.69 Å². The summed E-state index contributed by atoms with van der Waals surface area (Å²) in [5.41, 5.74) is 10.6. The van der Waals surface area contributed by atoms with Crippen molar-refractivity contribution in [3.63, 3.8) is 0 Å². The van der Waals surface area contributed by atoms with Gasteiger partial charge >= 0.3 is 0 Å². The van der Waals surface area contributed by atoms with Crippen LogP contribution in [0, 0.1) is 0 Å². The highest BCUT2D eigenvalue weighted by Crippen LogP contribution is 2.06. The van der Waals surface area contributed by atoms with E-state index in [1.807, 2.05) is 31.2 Å². The Kier molecular flexibility index (Phi) is 5.20. The number of unbranched alkanes of at least 4 members (excludes halogenated alkanes) is 1. The first kappa shape index (κ1) is 13.2. The summed E-state index contributed by atoms with van der Waals surface area (Å²) in [7, 11) is 0. The third-order valence-corrected chi connectivity index (χ3v) is 2.43. The van der Waals surface area contributed by atoms with Gasteiger partial charge in [0.1, 0.15) is 0 Å². The molecule has 1 rings (SSSR count). The van der Waals surface area contributed by atoms with Crippen LogP contribution in [0.2, 0.25) is 0 Å². The van der Waals surface area contributed by atoms with Gasteiger partial charge in [-0.3, -0.25) is 4.79 Å². The lowest BCUT2D eigenvalue weighted by Gasteiger charge is -2.03. The van der Waals surface area contributed by atoms with Crippen molar-refractivity contribution in [2.45, 2.75) is 33.1 Å². The Morgan fingerprint density at radius 2 is 2.00 bits per heavy atom. The first-order chi connectivity index (χ1) is 8.13. The van der Waals surface area contributed by atoms with Gasteiger partial charge < -0.3 is 5.73 Å². The summed E-state index contributed by atoms with van der Waals surface area (Å²) < 4.78 is 0. The molecule has 0 aliphatic rings. The van der Waals surface area contributed by atoms with Gasteiger partial charge in [0, 0.05) is 12.1 Å². The predicted molar refractivity (Wildman–Crippen MR) is 70.7 cm³/mol. The summed E-state index contributed by atoms with van der Waals surface area (Å²) >= 11 is 0. The second-order valence-electron chi connectivity index (χ2n) is 3.96. The molecule has 92 valence electrons. The molecular formula is C13H19N3O. The Morgan fingerprint density at radius 3 is 2.59 bits per heavy atom. The van der Waals surface area contributed by atoms with Gasteiger partial charge in [0.05, 0.1) is 5.71 Å². The van der Waals surface area contributed by atoms with E-state index in [1.165, 1.54) is 0 Å². The number of amides is 1. The minimum Gasteiger partial charge on any atom is -0.399 e. The second kappa shape index (κ2) is 6.68. The molecule has 0 fully saturated rings. The van der Waals surface area contributed by atoms with Gasteiger partial charge in [-0.1, -0.05) is 25.5 Å². The number of rotatable bonds is 5. The van der Waals surface area contributed by atoms with Crippen LogP contribution in [0.15, 0.2) is 29.4 Å². The van der Waals surface area contributed by atoms with E-state index in [0.29, 0.717) is 12.1 Å². The lowest BCUT2D eigenvalue weighted by Crippen LogP contribution is -2.18. The molecule has 0 atom stereocenters. The topological polar surface area (TPSA) is 67.5 Å². The minimum absolute atomic E-state index is 0.0401. The van der Waals surface area contributed by atoms with Crippen molar-refractivity contribution >= 4 is 17.3 Å². The molecule has 0 radical (unpaired) electrons. The number of hydrogen-bond donors (Lipinski definition) is 2. The first-order valence-electron chi connectivity index (χ1n) is 5.82. The molecule has 3 N–H and O–H groups in total. The number of benzene rings is 1. The van der Waals surface area contributed by atoms with E-state index in [1.54, 1.807) is 0 Å². The van der Waals surface area contributed by atoms with Crippen LogP contribution in [0.25, 0.3) is 0 Å². The average Bonchev–Trinajstić information content (AvgIpc) is 2.34. The molecule has 4 heteroatoms. The molecular weight excluding hydrogens is 214 g/mol. The molecule has 0 unspecified atom stereocenters. The van der Waals surface area contributed by atoms with E-state index in [-0.39, 0.29) is 5.91 Å². The number of carbonyl (C=O) groups is 1. The predicted octanol–water partition coefficient (Wildman–Crippen LogP) is 2.30. The highest BCUT2D eigenvalue weighted by Gasteiger charge is 2.00. The Balaban J connectivity index is 2.54. The van der Waals surface area contributed by atoms with Crippen LogP contribution in [0.1, 0.15) is 38.7 Å². The maximum Gasteiger partial charge on any atom is 0.240 e. The summed E-state index contributed by atoms with van der Waals surface area (Å²) in [6.45, 7) is 3.90. The van der Waals surface area contributed by atoms with Gasteiger partial charge in [-0.2, -0.15) is 5.10 Å². The smallest absolute Gasteiger partial charge is 0.240 e. The number of anilines is 1. The van der Waals surface area contributed by atoms with Gasteiger partial charge in [0.15, 0.2) is 0 Å². The molecule has 0 aromatic heterocycles. The van der Waals surface area contributed by atoms with E-state index >= 15 is 0 Å². The zero-order chi connectivity index (χ0) is 12.7. The third kappa shape index (κ3) is 4.68. The molecule has 0 saturated heterocycles. The van der Waals surface area contributed by atoms with Crippen molar-refractivity contribution in [2.75, 3.05) is 5.73 Å². The fourth-order valence-corrected chi connectivity index (χ4v) is 1.33. The zero-order valence-corrected chi connectivity index (χ0v) is 10.4. The summed E-state index contributed by atoms with van der Waals surface area (Å²) in [4.78, 5) is 11.4. The molecule has 0 aliphatic heterocycles. The molecule has 0 saturated carbocycles. The van der Waals surface area contributed by atoms with Gasteiger partial charge in [-0.15, -0.1) is 0 Å². The summed E-state index contributed by atoms with van der Waals surface area (Å²) in [5, 5.41) is 4.05. The zero-order valence-electron chi connectivity index (χ0n) is 10.4. The minimum atomic E-state index is -0.0401. The molecule has 0 heterocycles. The molecule has 1 amide bonds. The number of nitrogen functional groups attached to an aromatic ring is 1. The number of nitrogens with two attached hydrogens (primary N) is 1. The fourth-order valence-electron chi connectivity index (χ4n) is 1.33. The number of nitrogens with one attached hydrogen (secondary N) is 1. The van der Waals surface area contributed by atoms with Crippen molar-refractivity contribution in [2.24, 2.45) is 5.10 Å². The molecule has 0 spiro atoms. The average molecular weight is 233 g/mol. The Bertz CT molecular complexity index is 396. The van der Waals surface area contributed by atoms with Crippen molar-refractivity contribution < 1.29 is 4.79 Å². The summed E-state index contributed by atoms with van der Waals surface area (Å²) in [5.74, 6) is -0.0401. The van der Waals surface area contributed by atoms with E-state index in [9.17, 15) is 4.79 Å². The van der Waals surface area contributed by atoms with Crippen molar-refractivity contribution in [3.05, 3.63) is 29.8 Å². The first-order valence-corrected chi connectivity index (χ1v) is 5.82. The highest BCUT2D eigenvalue weighted by molar-refractivity contribution is 5.99. The van der Waals surface area contributed by atoms with Gasteiger partial charge in [0.25, 0.3) is 0 Å². The quantitative estimate of drug-likeness (QED) is 0.465. The van der Waals surface area contributed by atoms with Crippen LogP contribution in [0.5, 0.6) is 0 Å². The largest absolute Gasteiger partial charge is 0.399 e. The van der Waals surface area contributed by atoms with E-state index in [4.69, 9.17) is 5.73 Å². The van der Waals surface area contributed by atoms with Crippen LogP contribution < -0.4 is 11.2 Å². The SMILES string of the molecule is CCCCC(=O)NN=C(C)c1ccc(N)cc1. The molecule has 1 aromatic rings. The molecule has 0 aliphatic carbocycles. The number of hydrogen-bond acceptors (Lipinski definition) is 3. The summed E-state index contributed by atoms with van der Waals surface area (Å²) in [6.07, 6.45) is 2.42. The number of nitrogens with zero attached hydrogens (tertiary/aromatic N) is 1.